The summed E-state index contributed by atoms with van der Waals surface area (Å²) in [4.78, 5) is 0. The summed E-state index contributed by atoms with van der Waals surface area (Å²) >= 11 is -0.301. The predicted molar refractivity (Wildman–Crippen MR) is 140 cm³/mol. The van der Waals surface area contributed by atoms with Gasteiger partial charge in [-0.15, -0.1) is 0 Å². The van der Waals surface area contributed by atoms with Crippen molar-refractivity contribution in [3.05, 3.63) is 126 Å². The van der Waals surface area contributed by atoms with Gasteiger partial charge in [0.2, 0.25) is 0 Å². The van der Waals surface area contributed by atoms with E-state index >= 15 is 0 Å². The maximum absolute atomic E-state index is 6.22. The Labute approximate surface area is 220 Å². The molecule has 0 amide bonds. The van der Waals surface area contributed by atoms with Crippen molar-refractivity contribution in [3.8, 4) is 11.5 Å². The van der Waals surface area contributed by atoms with Crippen molar-refractivity contribution in [2.24, 2.45) is 0 Å². The van der Waals surface area contributed by atoms with Gasteiger partial charge in [-0.25, -0.2) is 0 Å². The van der Waals surface area contributed by atoms with E-state index in [9.17, 15) is 0 Å². The van der Waals surface area contributed by atoms with Gasteiger partial charge in [0.05, 0.1) is 0 Å². The van der Waals surface area contributed by atoms with Crippen LogP contribution in [0.1, 0.15) is 61.8 Å². The third kappa shape index (κ3) is 7.11. The number of hydrogen-bond donors (Lipinski definition) is 0. The Morgan fingerprint density at radius 2 is 0.943 bits per heavy atom. The highest BCUT2D eigenvalue weighted by atomic mass is 127. The average molecular weight is 578 g/mol. The molecule has 4 aromatic carbocycles. The summed E-state index contributed by atoms with van der Waals surface area (Å²) in [6, 6.07) is 34.2. The molecule has 0 heterocycles. The Kier molecular flexibility index (Phi) is 8.86. The minimum absolute atomic E-state index is 0.301. The zero-order valence-corrected chi connectivity index (χ0v) is 23.2. The summed E-state index contributed by atoms with van der Waals surface area (Å²) in [5.41, 5.74) is 4.94. The SMILES string of the molecule is CC(C)c1cc([I+]c2ccc(OCc3ccccc3)c(C(C)C)c2)ccc1OCc1ccccc1. The van der Waals surface area contributed by atoms with E-state index in [1.54, 1.807) is 0 Å². The van der Waals surface area contributed by atoms with Crippen molar-refractivity contribution in [3.63, 3.8) is 0 Å². The summed E-state index contributed by atoms with van der Waals surface area (Å²) in [6.45, 7) is 10.1. The fourth-order valence-corrected chi connectivity index (χ4v) is 6.34. The lowest BCUT2D eigenvalue weighted by molar-refractivity contribution is -0.597. The first-order chi connectivity index (χ1) is 17.0. The molecule has 3 heteroatoms. The Morgan fingerprint density at radius 1 is 0.543 bits per heavy atom. The zero-order chi connectivity index (χ0) is 24.6. The standard InChI is InChI=1S/C32H34IO2/c1-23(2)29-19-27(15-17-31(29)34-21-25-11-7-5-8-12-25)33-28-16-18-32(30(20-28)24(3)4)35-22-26-13-9-6-10-14-26/h5-20,23-24H,21-22H2,1-4H3/q+1. The molecule has 0 aliphatic heterocycles. The van der Waals surface area contributed by atoms with Crippen LogP contribution in [0.25, 0.3) is 0 Å². The van der Waals surface area contributed by atoms with Gasteiger partial charge in [0.1, 0.15) is 24.7 Å². The molecule has 0 bridgehead atoms. The van der Waals surface area contributed by atoms with E-state index in [1.807, 2.05) is 12.1 Å². The molecule has 0 fully saturated rings. The van der Waals surface area contributed by atoms with E-state index in [-0.39, 0.29) is 21.2 Å². The van der Waals surface area contributed by atoms with E-state index in [0.717, 1.165) is 11.5 Å². The van der Waals surface area contributed by atoms with Crippen LogP contribution in [0.15, 0.2) is 97.1 Å². The van der Waals surface area contributed by atoms with Crippen molar-refractivity contribution >= 4 is 0 Å². The first kappa shape index (κ1) is 25.3. The van der Waals surface area contributed by atoms with Gasteiger partial charge in [0.15, 0.2) is 7.14 Å². The molecule has 35 heavy (non-hydrogen) atoms. The van der Waals surface area contributed by atoms with Crippen LogP contribution < -0.4 is 30.7 Å². The van der Waals surface area contributed by atoms with Crippen LogP contribution in [0.5, 0.6) is 11.5 Å². The minimum atomic E-state index is -0.301. The van der Waals surface area contributed by atoms with Crippen molar-refractivity contribution in [1.29, 1.82) is 0 Å². The molecule has 2 nitrogen and oxygen atoms in total. The lowest BCUT2D eigenvalue weighted by Crippen LogP contribution is -3.61. The molecular formula is C32H34IO2+. The maximum atomic E-state index is 6.22. The van der Waals surface area contributed by atoms with Crippen LogP contribution in [0, 0.1) is 7.14 Å². The third-order valence-corrected chi connectivity index (χ3v) is 8.47. The predicted octanol–water partition coefficient (Wildman–Crippen LogP) is 5.22. The van der Waals surface area contributed by atoms with Crippen molar-refractivity contribution < 1.29 is 30.7 Å². The van der Waals surface area contributed by atoms with Gasteiger partial charge in [0, 0.05) is 11.1 Å². The molecule has 0 radical (unpaired) electrons. The van der Waals surface area contributed by atoms with Gasteiger partial charge in [-0.2, -0.15) is 0 Å². The minimum Gasteiger partial charge on any atom is -0.489 e. The van der Waals surface area contributed by atoms with Gasteiger partial charge >= 0.3 is 21.2 Å². The lowest BCUT2D eigenvalue weighted by Gasteiger charge is -2.14. The van der Waals surface area contributed by atoms with Crippen LogP contribution in [-0.2, 0) is 13.2 Å². The molecule has 0 N–H and O–H groups in total. The Balaban J connectivity index is 1.49. The second-order valence-corrected chi connectivity index (χ2v) is 12.3. The number of hydrogen-bond acceptors (Lipinski definition) is 2. The average Bonchev–Trinajstić information content (AvgIpc) is 2.88. The number of ether oxygens (including phenoxy) is 2. The number of halogens is 1. The largest absolute Gasteiger partial charge is 0.489 e. The second kappa shape index (κ2) is 12.3. The molecule has 0 spiro atoms. The Bertz CT molecular complexity index is 1120. The van der Waals surface area contributed by atoms with Gasteiger partial charge in [-0.1, -0.05) is 88.4 Å². The summed E-state index contributed by atoms with van der Waals surface area (Å²) in [7, 11) is 0. The molecule has 0 atom stereocenters. The molecule has 4 rings (SSSR count). The first-order valence-electron chi connectivity index (χ1n) is 12.3. The third-order valence-electron chi connectivity index (χ3n) is 5.88. The molecule has 4 aromatic rings. The van der Waals surface area contributed by atoms with E-state index < -0.39 is 0 Å². The molecule has 0 aliphatic rings. The van der Waals surface area contributed by atoms with Crippen LogP contribution in [0.2, 0.25) is 0 Å². The van der Waals surface area contributed by atoms with Gasteiger partial charge in [0.25, 0.3) is 0 Å². The monoisotopic (exact) mass is 577 g/mol. The summed E-state index contributed by atoms with van der Waals surface area (Å²) in [6.07, 6.45) is 0. The molecule has 0 unspecified atom stereocenters. The number of benzene rings is 4. The van der Waals surface area contributed by atoms with Crippen molar-refractivity contribution in [1.82, 2.24) is 0 Å². The second-order valence-electron chi connectivity index (χ2n) is 9.32. The Morgan fingerprint density at radius 3 is 1.31 bits per heavy atom. The maximum Gasteiger partial charge on any atom is 0.357 e. The highest BCUT2D eigenvalue weighted by molar-refractivity contribution is 5.37. The molecule has 180 valence electrons. The number of rotatable bonds is 10. The molecule has 0 saturated heterocycles. The van der Waals surface area contributed by atoms with E-state index in [2.05, 4.69) is 113 Å². The van der Waals surface area contributed by atoms with Gasteiger partial charge in [-0.05, 0) is 59.4 Å². The molecule has 0 saturated carbocycles. The van der Waals surface area contributed by atoms with Crippen LogP contribution in [-0.4, -0.2) is 0 Å². The van der Waals surface area contributed by atoms with Crippen molar-refractivity contribution in [2.45, 2.75) is 52.7 Å². The van der Waals surface area contributed by atoms with Crippen LogP contribution in [0.3, 0.4) is 0 Å². The summed E-state index contributed by atoms with van der Waals surface area (Å²) < 4.78 is 15.2. The highest BCUT2D eigenvalue weighted by Crippen LogP contribution is 2.28. The smallest absolute Gasteiger partial charge is 0.357 e. The van der Waals surface area contributed by atoms with Gasteiger partial charge < -0.3 is 9.47 Å². The van der Waals surface area contributed by atoms with Crippen LogP contribution >= 0.6 is 0 Å². The topological polar surface area (TPSA) is 18.5 Å². The normalized spacial score (nSPS) is 11.1. The molecule has 0 aliphatic carbocycles. The molecule has 0 aromatic heterocycles. The van der Waals surface area contributed by atoms with E-state index in [1.165, 1.54) is 29.4 Å². The van der Waals surface area contributed by atoms with E-state index in [0.29, 0.717) is 25.0 Å². The summed E-state index contributed by atoms with van der Waals surface area (Å²) in [5.74, 6) is 2.79. The fourth-order valence-electron chi connectivity index (χ4n) is 3.92. The first-order valence-corrected chi connectivity index (χ1v) is 14.4. The molecular weight excluding hydrogens is 543 g/mol. The zero-order valence-electron chi connectivity index (χ0n) is 21.0. The van der Waals surface area contributed by atoms with Crippen LogP contribution in [0.4, 0.5) is 0 Å². The highest BCUT2D eigenvalue weighted by Gasteiger charge is 2.22. The van der Waals surface area contributed by atoms with Crippen molar-refractivity contribution in [2.75, 3.05) is 0 Å². The Hall–Kier alpha value is -2.79. The fraction of sp³-hybridized carbons (Fsp3) is 0.250. The lowest BCUT2D eigenvalue weighted by atomic mass is 10.0. The quantitative estimate of drug-likeness (QED) is 0.241. The van der Waals surface area contributed by atoms with E-state index in [4.69, 9.17) is 9.47 Å². The van der Waals surface area contributed by atoms with Gasteiger partial charge in [-0.3, -0.25) is 0 Å². The summed E-state index contributed by atoms with van der Waals surface area (Å²) in [5, 5.41) is 0.